The van der Waals surface area contributed by atoms with Crippen LogP contribution < -0.4 is 0 Å². The van der Waals surface area contributed by atoms with Gasteiger partial charge in [0.1, 0.15) is 6.61 Å². The maximum absolute atomic E-state index is 13.1. The highest BCUT2D eigenvalue weighted by Gasteiger charge is 2.45. The number of carbonyl (C=O) groups excluding carboxylic acids is 2. The predicted octanol–water partition coefficient (Wildman–Crippen LogP) is 4.87. The van der Waals surface area contributed by atoms with E-state index in [0.29, 0.717) is 19.4 Å². The zero-order valence-corrected chi connectivity index (χ0v) is 18.7. The van der Waals surface area contributed by atoms with Gasteiger partial charge in [-0.15, -0.1) is 0 Å². The van der Waals surface area contributed by atoms with Crippen molar-refractivity contribution in [2.24, 2.45) is 10.8 Å². The number of esters is 2. The molecule has 0 aliphatic rings. The van der Waals surface area contributed by atoms with Gasteiger partial charge in [0.2, 0.25) is 0 Å². The van der Waals surface area contributed by atoms with Gasteiger partial charge in [0.05, 0.1) is 24.0 Å². The smallest absolute Gasteiger partial charge is 0.311 e. The quantitative estimate of drug-likeness (QED) is 0.374. The summed E-state index contributed by atoms with van der Waals surface area (Å²) >= 11 is 0. The van der Waals surface area contributed by atoms with E-state index in [1.54, 1.807) is 13.8 Å². The molecule has 0 saturated carbocycles. The third-order valence-corrected chi connectivity index (χ3v) is 5.39. The molecule has 0 fully saturated rings. The van der Waals surface area contributed by atoms with Crippen molar-refractivity contribution in [3.63, 3.8) is 0 Å². The van der Waals surface area contributed by atoms with Gasteiger partial charge >= 0.3 is 11.9 Å². The van der Waals surface area contributed by atoms with E-state index in [2.05, 4.69) is 26.0 Å². The molecule has 1 N–H and O–H groups in total. The van der Waals surface area contributed by atoms with Crippen LogP contribution >= 0.6 is 0 Å². The van der Waals surface area contributed by atoms with Gasteiger partial charge < -0.3 is 14.6 Å². The van der Waals surface area contributed by atoms with Crippen molar-refractivity contribution in [1.82, 2.24) is 0 Å². The number of hydrogen-bond acceptors (Lipinski definition) is 5. The summed E-state index contributed by atoms with van der Waals surface area (Å²) in [6.07, 6.45) is 3.56. The van der Waals surface area contributed by atoms with Gasteiger partial charge in [0.15, 0.2) is 0 Å². The van der Waals surface area contributed by atoms with Gasteiger partial charge in [-0.2, -0.15) is 0 Å². The van der Waals surface area contributed by atoms with Gasteiger partial charge in [0.25, 0.3) is 0 Å². The monoisotopic (exact) mass is 406 g/mol. The molecule has 0 radical (unpaired) electrons. The highest BCUT2D eigenvalue weighted by atomic mass is 16.5. The van der Waals surface area contributed by atoms with Crippen LogP contribution in [0, 0.1) is 10.8 Å². The van der Waals surface area contributed by atoms with E-state index >= 15 is 0 Å². The lowest BCUT2D eigenvalue weighted by Crippen LogP contribution is -2.40. The molecule has 1 aromatic rings. The minimum Gasteiger partial charge on any atom is -0.465 e. The fourth-order valence-electron chi connectivity index (χ4n) is 3.86. The average Bonchev–Trinajstić information content (AvgIpc) is 2.70. The number of aliphatic hydroxyl groups is 1. The van der Waals surface area contributed by atoms with Crippen LogP contribution in [0.2, 0.25) is 0 Å². The molecule has 0 spiro atoms. The third-order valence-electron chi connectivity index (χ3n) is 5.39. The second-order valence-electron chi connectivity index (χ2n) is 8.69. The molecule has 0 aromatic heterocycles. The van der Waals surface area contributed by atoms with Crippen molar-refractivity contribution >= 4 is 11.9 Å². The predicted molar refractivity (Wildman–Crippen MR) is 115 cm³/mol. The molecule has 0 aliphatic carbocycles. The van der Waals surface area contributed by atoms with E-state index in [-0.39, 0.29) is 25.1 Å². The molecule has 29 heavy (non-hydrogen) atoms. The van der Waals surface area contributed by atoms with E-state index in [1.807, 2.05) is 25.1 Å². The third kappa shape index (κ3) is 7.81. The first kappa shape index (κ1) is 25.2. The number of hydrogen-bond donors (Lipinski definition) is 1. The molecular formula is C24H38O5. The molecule has 164 valence electrons. The summed E-state index contributed by atoms with van der Waals surface area (Å²) in [5.41, 5.74) is -0.516. The first-order valence-corrected chi connectivity index (χ1v) is 10.7. The van der Waals surface area contributed by atoms with Crippen molar-refractivity contribution < 1.29 is 24.2 Å². The van der Waals surface area contributed by atoms with E-state index in [4.69, 9.17) is 14.6 Å². The van der Waals surface area contributed by atoms with Crippen LogP contribution in [-0.2, 0) is 19.1 Å². The van der Waals surface area contributed by atoms with Crippen LogP contribution in [0.4, 0.5) is 0 Å². The highest BCUT2D eigenvalue weighted by molar-refractivity contribution is 5.80. The number of benzene rings is 1. The first-order valence-electron chi connectivity index (χ1n) is 10.7. The Bertz CT molecular complexity index is 625. The molecule has 5 nitrogen and oxygen atoms in total. The van der Waals surface area contributed by atoms with Crippen LogP contribution in [0.25, 0.3) is 0 Å². The highest BCUT2D eigenvalue weighted by Crippen LogP contribution is 2.43. The lowest BCUT2D eigenvalue weighted by molar-refractivity contribution is -0.164. The Morgan fingerprint density at radius 1 is 1.00 bits per heavy atom. The van der Waals surface area contributed by atoms with Crippen LogP contribution in [-0.4, -0.2) is 36.9 Å². The van der Waals surface area contributed by atoms with Crippen molar-refractivity contribution in [2.45, 2.75) is 72.6 Å². The molecular weight excluding hydrogens is 368 g/mol. The van der Waals surface area contributed by atoms with E-state index in [9.17, 15) is 9.59 Å². The summed E-state index contributed by atoms with van der Waals surface area (Å²) in [6, 6.07) is 10.2. The molecule has 0 heterocycles. The van der Waals surface area contributed by atoms with E-state index in [1.165, 1.54) is 5.56 Å². The fourth-order valence-corrected chi connectivity index (χ4v) is 3.86. The topological polar surface area (TPSA) is 72.8 Å². The summed E-state index contributed by atoms with van der Waals surface area (Å²) < 4.78 is 10.8. The summed E-state index contributed by atoms with van der Waals surface area (Å²) in [4.78, 5) is 25.6. The minimum atomic E-state index is -0.872. The minimum absolute atomic E-state index is 0.0402. The number of unbranched alkanes of at least 4 members (excludes halogenated alkanes) is 1. The van der Waals surface area contributed by atoms with Crippen LogP contribution in [0.5, 0.6) is 0 Å². The molecule has 0 saturated heterocycles. The largest absolute Gasteiger partial charge is 0.465 e. The van der Waals surface area contributed by atoms with Gasteiger partial charge in [-0.3, -0.25) is 9.59 Å². The van der Waals surface area contributed by atoms with E-state index < -0.39 is 16.8 Å². The first-order chi connectivity index (χ1) is 13.7. The standard InChI is InChI=1S/C24H38O5/c1-6-8-15-28-22(27)24(5,18-23(3,4)21(26)29-16-14-25)17-19(7-2)20-12-10-9-11-13-20/h9-13,19,25H,6-8,14-18H2,1-5H3. The van der Waals surface area contributed by atoms with Crippen molar-refractivity contribution in [1.29, 1.82) is 0 Å². The Morgan fingerprint density at radius 3 is 2.17 bits per heavy atom. The molecule has 0 amide bonds. The van der Waals surface area contributed by atoms with Crippen molar-refractivity contribution in [2.75, 3.05) is 19.8 Å². The molecule has 5 heteroatoms. The molecule has 0 aliphatic heterocycles. The molecule has 2 atom stereocenters. The number of aliphatic hydroxyl groups excluding tert-OH is 1. The Labute approximate surface area is 175 Å². The Balaban J connectivity index is 3.10. The molecule has 2 unspecified atom stereocenters. The van der Waals surface area contributed by atoms with Gasteiger partial charge in [-0.25, -0.2) is 0 Å². The van der Waals surface area contributed by atoms with Gasteiger partial charge in [-0.1, -0.05) is 50.6 Å². The van der Waals surface area contributed by atoms with Gasteiger partial charge in [0, 0.05) is 0 Å². The Hall–Kier alpha value is -1.88. The zero-order chi connectivity index (χ0) is 21.9. The number of ether oxygens (including phenoxy) is 2. The summed E-state index contributed by atoms with van der Waals surface area (Å²) in [5, 5.41) is 8.95. The lowest BCUT2D eigenvalue weighted by Gasteiger charge is -2.36. The van der Waals surface area contributed by atoms with Crippen LogP contribution in [0.3, 0.4) is 0 Å². The lowest BCUT2D eigenvalue weighted by atomic mass is 9.68. The summed E-state index contributed by atoms with van der Waals surface area (Å²) in [7, 11) is 0. The average molecular weight is 407 g/mol. The SMILES string of the molecule is CCCCOC(=O)C(C)(CC(CC)c1ccccc1)CC(C)(C)C(=O)OCCO. The zero-order valence-electron chi connectivity index (χ0n) is 18.7. The van der Waals surface area contributed by atoms with Gasteiger partial charge in [-0.05, 0) is 57.9 Å². The van der Waals surface area contributed by atoms with E-state index in [0.717, 1.165) is 19.3 Å². The van der Waals surface area contributed by atoms with Crippen LogP contribution in [0.1, 0.15) is 78.2 Å². The number of rotatable bonds is 13. The van der Waals surface area contributed by atoms with Crippen molar-refractivity contribution in [3.05, 3.63) is 35.9 Å². The summed E-state index contributed by atoms with van der Waals surface area (Å²) in [5.74, 6) is -0.487. The molecule has 0 bridgehead atoms. The van der Waals surface area contributed by atoms with Crippen LogP contribution in [0.15, 0.2) is 30.3 Å². The second kappa shape index (κ2) is 12.0. The molecule has 1 aromatic carbocycles. The molecule has 1 rings (SSSR count). The second-order valence-corrected chi connectivity index (χ2v) is 8.69. The maximum atomic E-state index is 13.1. The number of carbonyl (C=O) groups is 2. The Morgan fingerprint density at radius 2 is 1.62 bits per heavy atom. The maximum Gasteiger partial charge on any atom is 0.311 e. The normalized spacial score (nSPS) is 14.7. The summed E-state index contributed by atoms with van der Waals surface area (Å²) in [6.45, 7) is 9.76. The fraction of sp³-hybridized carbons (Fsp3) is 0.667. The Kier molecular flexibility index (Phi) is 10.4. The van der Waals surface area contributed by atoms with Crippen molar-refractivity contribution in [3.8, 4) is 0 Å².